The summed E-state index contributed by atoms with van der Waals surface area (Å²) in [6.07, 6.45) is 0.941. The summed E-state index contributed by atoms with van der Waals surface area (Å²) in [4.78, 5) is 10.8. The Kier molecular flexibility index (Phi) is 3.78. The summed E-state index contributed by atoms with van der Waals surface area (Å²) in [6, 6.07) is 16.0. The smallest absolute Gasteiger partial charge is 0.127 e. The van der Waals surface area contributed by atoms with Crippen molar-refractivity contribution in [2.45, 2.75) is 12.8 Å². The molecule has 0 saturated heterocycles. The number of benzene rings is 2. The third-order valence-electron chi connectivity index (χ3n) is 3.04. The Morgan fingerprint density at radius 3 is 2.44 bits per heavy atom. The standard InChI is InChI=1S/C16H16O2/c1-12(11-17)14-8-9-15(16(10-14)18-2)13-6-4-3-5-7-13/h3-12H,1-2H3/t12-/m1/s1. The highest BCUT2D eigenvalue weighted by molar-refractivity contribution is 5.72. The Hall–Kier alpha value is -2.09. The van der Waals surface area contributed by atoms with Crippen LogP contribution in [0.3, 0.4) is 0 Å². The molecule has 0 aliphatic heterocycles. The number of ether oxygens (including phenoxy) is 1. The van der Waals surface area contributed by atoms with Gasteiger partial charge in [-0.3, -0.25) is 0 Å². The van der Waals surface area contributed by atoms with Crippen molar-refractivity contribution in [2.24, 2.45) is 0 Å². The van der Waals surface area contributed by atoms with Gasteiger partial charge in [0.2, 0.25) is 0 Å². The summed E-state index contributed by atoms with van der Waals surface area (Å²) in [7, 11) is 1.65. The average molecular weight is 240 g/mol. The minimum Gasteiger partial charge on any atom is -0.496 e. The number of hydrogen-bond donors (Lipinski definition) is 0. The molecule has 0 radical (unpaired) electrons. The Morgan fingerprint density at radius 1 is 1.11 bits per heavy atom. The maximum absolute atomic E-state index is 10.8. The fourth-order valence-electron chi connectivity index (χ4n) is 1.93. The highest BCUT2D eigenvalue weighted by atomic mass is 16.5. The molecule has 2 heteroatoms. The van der Waals surface area contributed by atoms with E-state index in [0.29, 0.717) is 0 Å². The summed E-state index contributed by atoms with van der Waals surface area (Å²) in [5.41, 5.74) is 3.13. The summed E-state index contributed by atoms with van der Waals surface area (Å²) in [5.74, 6) is 0.691. The van der Waals surface area contributed by atoms with Gasteiger partial charge in [0.1, 0.15) is 12.0 Å². The zero-order valence-electron chi connectivity index (χ0n) is 10.6. The van der Waals surface area contributed by atoms with Crippen LogP contribution >= 0.6 is 0 Å². The van der Waals surface area contributed by atoms with Crippen molar-refractivity contribution in [1.29, 1.82) is 0 Å². The second kappa shape index (κ2) is 5.50. The van der Waals surface area contributed by atoms with Crippen LogP contribution in [0.25, 0.3) is 11.1 Å². The second-order valence-corrected chi connectivity index (χ2v) is 4.25. The first-order valence-electron chi connectivity index (χ1n) is 5.95. The Labute approximate surface area is 107 Å². The predicted octanol–water partition coefficient (Wildman–Crippen LogP) is 3.66. The van der Waals surface area contributed by atoms with Gasteiger partial charge < -0.3 is 9.53 Å². The van der Waals surface area contributed by atoms with Gasteiger partial charge in [-0.1, -0.05) is 49.4 Å². The lowest BCUT2D eigenvalue weighted by Crippen LogP contribution is -1.96. The van der Waals surface area contributed by atoms with Gasteiger partial charge in [0.25, 0.3) is 0 Å². The Bertz CT molecular complexity index is 532. The fourth-order valence-corrected chi connectivity index (χ4v) is 1.93. The molecule has 0 aromatic heterocycles. The number of methoxy groups -OCH3 is 1. The highest BCUT2D eigenvalue weighted by Crippen LogP contribution is 2.32. The molecule has 0 bridgehead atoms. The molecule has 92 valence electrons. The molecular weight excluding hydrogens is 224 g/mol. The van der Waals surface area contributed by atoms with Crippen molar-refractivity contribution < 1.29 is 9.53 Å². The molecule has 1 atom stereocenters. The van der Waals surface area contributed by atoms with Crippen molar-refractivity contribution in [2.75, 3.05) is 7.11 Å². The van der Waals surface area contributed by atoms with Gasteiger partial charge in [-0.25, -0.2) is 0 Å². The van der Waals surface area contributed by atoms with Gasteiger partial charge in [-0.2, -0.15) is 0 Å². The lowest BCUT2D eigenvalue weighted by molar-refractivity contribution is -0.108. The van der Waals surface area contributed by atoms with Gasteiger partial charge in [-0.15, -0.1) is 0 Å². The van der Waals surface area contributed by atoms with Crippen LogP contribution in [0.4, 0.5) is 0 Å². The molecule has 0 N–H and O–H groups in total. The van der Waals surface area contributed by atoms with Crippen LogP contribution in [-0.2, 0) is 4.79 Å². The fraction of sp³-hybridized carbons (Fsp3) is 0.188. The molecule has 2 aromatic rings. The van der Waals surface area contributed by atoms with E-state index < -0.39 is 0 Å². The summed E-state index contributed by atoms with van der Waals surface area (Å²) in [6.45, 7) is 1.88. The van der Waals surface area contributed by atoms with Gasteiger partial charge in [0.15, 0.2) is 0 Å². The lowest BCUT2D eigenvalue weighted by Gasteiger charge is -2.12. The van der Waals surface area contributed by atoms with Crippen molar-refractivity contribution in [3.63, 3.8) is 0 Å². The van der Waals surface area contributed by atoms with E-state index in [9.17, 15) is 4.79 Å². The maximum atomic E-state index is 10.8. The van der Waals surface area contributed by atoms with Crippen LogP contribution in [0.15, 0.2) is 48.5 Å². The van der Waals surface area contributed by atoms with E-state index >= 15 is 0 Å². The van der Waals surface area contributed by atoms with E-state index in [-0.39, 0.29) is 5.92 Å². The van der Waals surface area contributed by atoms with Crippen LogP contribution < -0.4 is 4.74 Å². The molecule has 0 heterocycles. The molecule has 2 aromatic carbocycles. The van der Waals surface area contributed by atoms with Crippen LogP contribution in [0.1, 0.15) is 18.4 Å². The van der Waals surface area contributed by atoms with Gasteiger partial charge in [0, 0.05) is 11.5 Å². The molecule has 18 heavy (non-hydrogen) atoms. The summed E-state index contributed by atoms with van der Waals surface area (Å²) in [5, 5.41) is 0. The van der Waals surface area contributed by atoms with Crippen LogP contribution in [0, 0.1) is 0 Å². The number of aldehydes is 1. The monoisotopic (exact) mass is 240 g/mol. The van der Waals surface area contributed by atoms with Gasteiger partial charge in [-0.05, 0) is 17.2 Å². The molecule has 0 spiro atoms. The second-order valence-electron chi connectivity index (χ2n) is 4.25. The molecule has 0 aliphatic carbocycles. The van der Waals surface area contributed by atoms with Crippen LogP contribution in [0.2, 0.25) is 0 Å². The third-order valence-corrected chi connectivity index (χ3v) is 3.04. The SMILES string of the molecule is COc1cc([C@H](C)C=O)ccc1-c1ccccc1. The predicted molar refractivity (Wildman–Crippen MR) is 72.9 cm³/mol. The van der Waals surface area contributed by atoms with Crippen LogP contribution in [-0.4, -0.2) is 13.4 Å². The van der Waals surface area contributed by atoms with Crippen LogP contribution in [0.5, 0.6) is 5.75 Å². The normalized spacial score (nSPS) is 11.9. The molecule has 0 aliphatic rings. The van der Waals surface area contributed by atoms with E-state index in [1.165, 1.54) is 0 Å². The number of rotatable bonds is 4. The van der Waals surface area contributed by atoms with E-state index in [4.69, 9.17) is 4.74 Å². The molecule has 0 saturated carbocycles. The summed E-state index contributed by atoms with van der Waals surface area (Å²) >= 11 is 0. The molecular formula is C16H16O2. The van der Waals surface area contributed by atoms with Gasteiger partial charge in [0.05, 0.1) is 7.11 Å². The van der Waals surface area contributed by atoms with E-state index in [1.54, 1.807) is 7.11 Å². The van der Waals surface area contributed by atoms with E-state index in [2.05, 4.69) is 0 Å². The molecule has 2 nitrogen and oxygen atoms in total. The lowest BCUT2D eigenvalue weighted by atomic mass is 9.97. The minimum absolute atomic E-state index is 0.108. The third kappa shape index (κ3) is 2.43. The quantitative estimate of drug-likeness (QED) is 0.762. The van der Waals surface area contributed by atoms with E-state index in [1.807, 2.05) is 55.5 Å². The first-order valence-corrected chi connectivity index (χ1v) is 5.95. The average Bonchev–Trinajstić information content (AvgIpc) is 2.46. The molecule has 0 unspecified atom stereocenters. The van der Waals surface area contributed by atoms with Crippen molar-refractivity contribution in [3.05, 3.63) is 54.1 Å². The largest absolute Gasteiger partial charge is 0.496 e. The number of carbonyl (C=O) groups is 1. The summed E-state index contributed by atoms with van der Waals surface area (Å²) < 4.78 is 5.42. The number of carbonyl (C=O) groups excluding carboxylic acids is 1. The Balaban J connectivity index is 2.47. The first-order chi connectivity index (χ1) is 8.76. The zero-order chi connectivity index (χ0) is 13.0. The number of hydrogen-bond acceptors (Lipinski definition) is 2. The molecule has 0 amide bonds. The van der Waals surface area contributed by atoms with Crippen molar-refractivity contribution in [3.8, 4) is 16.9 Å². The molecule has 0 fully saturated rings. The molecule has 2 rings (SSSR count). The van der Waals surface area contributed by atoms with Crippen molar-refractivity contribution >= 4 is 6.29 Å². The Morgan fingerprint density at radius 2 is 1.83 bits per heavy atom. The maximum Gasteiger partial charge on any atom is 0.127 e. The first kappa shape index (κ1) is 12.4. The van der Waals surface area contributed by atoms with E-state index in [0.717, 1.165) is 28.7 Å². The highest BCUT2D eigenvalue weighted by Gasteiger charge is 2.10. The topological polar surface area (TPSA) is 26.3 Å². The minimum atomic E-state index is -0.108. The van der Waals surface area contributed by atoms with Gasteiger partial charge >= 0.3 is 0 Å². The van der Waals surface area contributed by atoms with Crippen molar-refractivity contribution in [1.82, 2.24) is 0 Å². The zero-order valence-corrected chi connectivity index (χ0v) is 10.6.